The molecule has 0 bridgehead atoms. The first-order chi connectivity index (χ1) is 8.06. The average molecular weight is 363 g/mol. The summed E-state index contributed by atoms with van der Waals surface area (Å²) in [5.41, 5.74) is 0.364. The maximum absolute atomic E-state index is 13.2. The topological polar surface area (TPSA) is 42.2 Å². The lowest BCUT2D eigenvalue weighted by Crippen LogP contribution is -2.10. The molecule has 0 aliphatic carbocycles. The summed E-state index contributed by atoms with van der Waals surface area (Å²) in [6.07, 6.45) is 0. The molecule has 0 atom stereocenters. The number of carbonyl (C=O) groups excluding carboxylic acids is 1. The largest absolute Gasteiger partial charge is 0.444 e. The number of nitrogens with one attached hydrogen (secondary N) is 1. The second kappa shape index (κ2) is 5.01. The molecule has 2 aromatic rings. The zero-order valence-electron chi connectivity index (χ0n) is 8.34. The van der Waals surface area contributed by atoms with Crippen molar-refractivity contribution in [2.45, 2.75) is 0 Å². The zero-order chi connectivity index (χ0) is 12.4. The SMILES string of the molecule is O=C(Nc1ccc(Br)c(F)c1)c1ccc(Br)o1. The van der Waals surface area contributed by atoms with Gasteiger partial charge in [0.05, 0.1) is 4.47 Å². The van der Waals surface area contributed by atoms with Crippen LogP contribution in [-0.2, 0) is 0 Å². The van der Waals surface area contributed by atoms with E-state index < -0.39 is 11.7 Å². The van der Waals surface area contributed by atoms with Crippen molar-refractivity contribution in [3.8, 4) is 0 Å². The number of anilines is 1. The molecular formula is C11H6Br2FNO2. The predicted molar refractivity (Wildman–Crippen MR) is 68.5 cm³/mol. The van der Waals surface area contributed by atoms with Crippen LogP contribution < -0.4 is 5.32 Å². The van der Waals surface area contributed by atoms with Gasteiger partial charge in [-0.25, -0.2) is 4.39 Å². The number of amides is 1. The maximum Gasteiger partial charge on any atom is 0.291 e. The van der Waals surface area contributed by atoms with Gasteiger partial charge in [0, 0.05) is 5.69 Å². The van der Waals surface area contributed by atoms with Crippen LogP contribution in [0.5, 0.6) is 0 Å². The van der Waals surface area contributed by atoms with E-state index in [4.69, 9.17) is 4.42 Å². The molecule has 1 aromatic heterocycles. The summed E-state index contributed by atoms with van der Waals surface area (Å²) in [5.74, 6) is -0.721. The Morgan fingerprint density at radius 3 is 2.59 bits per heavy atom. The van der Waals surface area contributed by atoms with Crippen LogP contribution in [0.3, 0.4) is 0 Å². The maximum atomic E-state index is 13.2. The summed E-state index contributed by atoms with van der Waals surface area (Å²) < 4.78 is 19.1. The average Bonchev–Trinajstić information content (AvgIpc) is 2.70. The second-order valence-corrected chi connectivity index (χ2v) is 4.82. The highest BCUT2D eigenvalue weighted by atomic mass is 79.9. The van der Waals surface area contributed by atoms with Gasteiger partial charge in [-0.1, -0.05) is 0 Å². The lowest BCUT2D eigenvalue weighted by atomic mass is 10.3. The van der Waals surface area contributed by atoms with E-state index in [2.05, 4.69) is 37.2 Å². The van der Waals surface area contributed by atoms with Gasteiger partial charge in [-0.15, -0.1) is 0 Å². The molecule has 0 saturated carbocycles. The first-order valence-electron chi connectivity index (χ1n) is 4.58. The first-order valence-corrected chi connectivity index (χ1v) is 6.16. The summed E-state index contributed by atoms with van der Waals surface area (Å²) in [6, 6.07) is 7.46. The van der Waals surface area contributed by atoms with E-state index >= 15 is 0 Å². The van der Waals surface area contributed by atoms with Crippen LogP contribution in [0.25, 0.3) is 0 Å². The van der Waals surface area contributed by atoms with Crippen molar-refractivity contribution in [1.82, 2.24) is 0 Å². The van der Waals surface area contributed by atoms with Gasteiger partial charge >= 0.3 is 0 Å². The Bertz CT molecular complexity index is 568. The van der Waals surface area contributed by atoms with Crippen molar-refractivity contribution in [3.05, 3.63) is 51.1 Å². The summed E-state index contributed by atoms with van der Waals surface area (Å²) >= 11 is 6.13. The molecule has 2 rings (SSSR count). The minimum absolute atomic E-state index is 0.153. The highest BCUT2D eigenvalue weighted by Crippen LogP contribution is 2.20. The van der Waals surface area contributed by atoms with Crippen molar-refractivity contribution in [1.29, 1.82) is 0 Å². The number of benzene rings is 1. The lowest BCUT2D eigenvalue weighted by molar-refractivity contribution is 0.0995. The molecule has 0 saturated heterocycles. The minimum atomic E-state index is -0.441. The molecule has 0 aliphatic heterocycles. The fraction of sp³-hybridized carbons (Fsp3) is 0. The molecule has 0 radical (unpaired) electrons. The summed E-state index contributed by atoms with van der Waals surface area (Å²) in [5, 5.41) is 2.53. The third-order valence-electron chi connectivity index (χ3n) is 1.97. The van der Waals surface area contributed by atoms with Crippen molar-refractivity contribution in [3.63, 3.8) is 0 Å². The van der Waals surface area contributed by atoms with Crippen LogP contribution >= 0.6 is 31.9 Å². The highest BCUT2D eigenvalue weighted by molar-refractivity contribution is 9.10. The minimum Gasteiger partial charge on any atom is -0.444 e. The lowest BCUT2D eigenvalue weighted by Gasteiger charge is -2.03. The van der Waals surface area contributed by atoms with Gasteiger partial charge in [0.2, 0.25) is 0 Å². The number of halogens is 3. The molecule has 0 spiro atoms. The van der Waals surface area contributed by atoms with Crippen LogP contribution in [0.4, 0.5) is 10.1 Å². The van der Waals surface area contributed by atoms with E-state index in [1.807, 2.05) is 0 Å². The van der Waals surface area contributed by atoms with Gasteiger partial charge < -0.3 is 9.73 Å². The van der Waals surface area contributed by atoms with E-state index in [0.29, 0.717) is 14.8 Å². The number of furan rings is 1. The predicted octanol–water partition coefficient (Wildman–Crippen LogP) is 4.20. The Labute approximate surface area is 113 Å². The van der Waals surface area contributed by atoms with Gasteiger partial charge in [0.15, 0.2) is 10.4 Å². The molecule has 0 unspecified atom stereocenters. The summed E-state index contributed by atoms with van der Waals surface area (Å²) in [6.45, 7) is 0. The van der Waals surface area contributed by atoms with Crippen LogP contribution in [0.2, 0.25) is 0 Å². The highest BCUT2D eigenvalue weighted by Gasteiger charge is 2.11. The van der Waals surface area contributed by atoms with E-state index in [1.165, 1.54) is 18.2 Å². The van der Waals surface area contributed by atoms with Gasteiger partial charge in [-0.3, -0.25) is 4.79 Å². The first kappa shape index (κ1) is 12.3. The fourth-order valence-electron chi connectivity index (χ4n) is 1.20. The second-order valence-electron chi connectivity index (χ2n) is 3.19. The standard InChI is InChI=1S/C11H6Br2FNO2/c12-7-2-1-6(5-8(7)14)15-11(16)9-3-4-10(13)17-9/h1-5H,(H,15,16). The third-order valence-corrected chi connectivity index (χ3v) is 3.04. The molecular weight excluding hydrogens is 357 g/mol. The Morgan fingerprint density at radius 1 is 1.24 bits per heavy atom. The molecule has 0 aliphatic rings. The van der Waals surface area contributed by atoms with Gasteiger partial charge in [0.1, 0.15) is 5.82 Å². The quantitative estimate of drug-likeness (QED) is 0.870. The van der Waals surface area contributed by atoms with Crippen LogP contribution in [-0.4, -0.2) is 5.91 Å². The molecule has 1 N–H and O–H groups in total. The van der Waals surface area contributed by atoms with E-state index in [9.17, 15) is 9.18 Å². The molecule has 17 heavy (non-hydrogen) atoms. The molecule has 1 heterocycles. The van der Waals surface area contributed by atoms with Crippen LogP contribution in [0.15, 0.2) is 43.9 Å². The third kappa shape index (κ3) is 2.95. The zero-order valence-corrected chi connectivity index (χ0v) is 11.5. The van der Waals surface area contributed by atoms with Gasteiger partial charge in [0.25, 0.3) is 5.91 Å². The molecule has 1 amide bonds. The molecule has 0 fully saturated rings. The van der Waals surface area contributed by atoms with Crippen LogP contribution in [0.1, 0.15) is 10.6 Å². The summed E-state index contributed by atoms with van der Waals surface area (Å²) in [4.78, 5) is 11.7. The Kier molecular flexibility index (Phi) is 3.63. The van der Waals surface area contributed by atoms with Crippen LogP contribution in [0, 0.1) is 5.82 Å². The molecule has 3 nitrogen and oxygen atoms in total. The number of carbonyl (C=O) groups is 1. The summed E-state index contributed by atoms with van der Waals surface area (Å²) in [7, 11) is 0. The number of hydrogen-bond donors (Lipinski definition) is 1. The Balaban J connectivity index is 2.15. The van der Waals surface area contributed by atoms with Crippen molar-refractivity contribution >= 4 is 43.5 Å². The fourth-order valence-corrected chi connectivity index (χ4v) is 1.76. The Morgan fingerprint density at radius 2 is 2.00 bits per heavy atom. The Hall–Kier alpha value is -1.14. The normalized spacial score (nSPS) is 10.3. The molecule has 88 valence electrons. The smallest absolute Gasteiger partial charge is 0.291 e. The number of hydrogen-bond acceptors (Lipinski definition) is 2. The monoisotopic (exact) mass is 361 g/mol. The number of rotatable bonds is 2. The van der Waals surface area contributed by atoms with Crippen molar-refractivity contribution in [2.24, 2.45) is 0 Å². The van der Waals surface area contributed by atoms with E-state index in [1.54, 1.807) is 12.1 Å². The van der Waals surface area contributed by atoms with Gasteiger partial charge in [-0.05, 0) is 62.2 Å². The van der Waals surface area contributed by atoms with Crippen molar-refractivity contribution in [2.75, 3.05) is 5.32 Å². The molecule has 6 heteroatoms. The molecule has 1 aromatic carbocycles. The van der Waals surface area contributed by atoms with Gasteiger partial charge in [-0.2, -0.15) is 0 Å². The van der Waals surface area contributed by atoms with E-state index in [-0.39, 0.29) is 5.76 Å². The van der Waals surface area contributed by atoms with E-state index in [0.717, 1.165) is 0 Å². The van der Waals surface area contributed by atoms with Crippen molar-refractivity contribution < 1.29 is 13.6 Å².